The van der Waals surface area contributed by atoms with Gasteiger partial charge in [0.15, 0.2) is 0 Å². The molecule has 0 saturated carbocycles. The minimum atomic E-state index is 0. The van der Waals surface area contributed by atoms with E-state index in [1.807, 2.05) is 0 Å². The van der Waals surface area contributed by atoms with Gasteiger partial charge in [0.05, 0.1) is 0 Å². The molecular weight excluding hydrogens is 180 g/mol. The Labute approximate surface area is 98.9 Å². The topological polar surface area (TPSA) is 0 Å². The molecule has 15 heavy (non-hydrogen) atoms. The van der Waals surface area contributed by atoms with E-state index >= 15 is 0 Å². The highest BCUT2D eigenvalue weighted by Crippen LogP contribution is 2.24. The van der Waals surface area contributed by atoms with Crippen molar-refractivity contribution in [3.63, 3.8) is 0 Å². The van der Waals surface area contributed by atoms with Gasteiger partial charge in [-0.2, -0.15) is 0 Å². The minimum absolute atomic E-state index is 0. The summed E-state index contributed by atoms with van der Waals surface area (Å²) in [4.78, 5) is 0. The summed E-state index contributed by atoms with van der Waals surface area (Å²) < 4.78 is 0. The van der Waals surface area contributed by atoms with Crippen LogP contribution in [0.1, 0.15) is 74.7 Å². The average molecular weight is 214 g/mol. The Hall–Kier alpha value is 0. The van der Waals surface area contributed by atoms with Crippen molar-refractivity contribution in [1.29, 1.82) is 0 Å². The lowest BCUT2D eigenvalue weighted by molar-refractivity contribution is 0.310. The molecular formula is C15H34. The van der Waals surface area contributed by atoms with E-state index in [1.54, 1.807) is 0 Å². The van der Waals surface area contributed by atoms with E-state index in [0.717, 1.165) is 23.7 Å². The third kappa shape index (κ3) is 10.3. The summed E-state index contributed by atoms with van der Waals surface area (Å²) in [7, 11) is 0. The van der Waals surface area contributed by atoms with E-state index in [2.05, 4.69) is 41.5 Å². The second-order valence-corrected chi connectivity index (χ2v) is 5.82. The van der Waals surface area contributed by atoms with E-state index in [-0.39, 0.29) is 7.43 Å². The molecule has 0 rings (SSSR count). The molecule has 0 aliphatic heterocycles. The zero-order valence-corrected chi connectivity index (χ0v) is 11.1. The van der Waals surface area contributed by atoms with Crippen LogP contribution in [-0.4, -0.2) is 0 Å². The predicted molar refractivity (Wildman–Crippen MR) is 73.2 cm³/mol. The van der Waals surface area contributed by atoms with Gasteiger partial charge in [0.1, 0.15) is 0 Å². The average Bonchev–Trinajstić information content (AvgIpc) is 2.01. The van der Waals surface area contributed by atoms with Crippen LogP contribution in [-0.2, 0) is 0 Å². The summed E-state index contributed by atoms with van der Waals surface area (Å²) in [5.41, 5.74) is 0. The second-order valence-electron chi connectivity index (χ2n) is 5.82. The molecule has 0 fully saturated rings. The maximum atomic E-state index is 2.42. The van der Waals surface area contributed by atoms with Gasteiger partial charge in [-0.25, -0.2) is 0 Å². The zero-order chi connectivity index (χ0) is 11.1. The van der Waals surface area contributed by atoms with Crippen LogP contribution in [0.4, 0.5) is 0 Å². The largest absolute Gasteiger partial charge is 0.0776 e. The van der Waals surface area contributed by atoms with Gasteiger partial charge in [0.2, 0.25) is 0 Å². The van der Waals surface area contributed by atoms with Crippen molar-refractivity contribution in [2.45, 2.75) is 74.7 Å². The molecule has 0 heterocycles. The predicted octanol–water partition coefficient (Wildman–Crippen LogP) is 5.77. The zero-order valence-electron chi connectivity index (χ0n) is 11.1. The van der Waals surface area contributed by atoms with Crippen LogP contribution in [0.3, 0.4) is 0 Å². The number of hydrogen-bond donors (Lipinski definition) is 0. The molecule has 94 valence electrons. The fourth-order valence-electron chi connectivity index (χ4n) is 2.54. The molecule has 0 saturated heterocycles. The first-order valence-electron chi connectivity index (χ1n) is 6.45. The van der Waals surface area contributed by atoms with Crippen LogP contribution in [0, 0.1) is 23.7 Å². The number of hydrogen-bond acceptors (Lipinski definition) is 0. The third-order valence-electron chi connectivity index (χ3n) is 3.18. The van der Waals surface area contributed by atoms with Crippen molar-refractivity contribution >= 4 is 0 Å². The number of rotatable bonds is 7. The lowest BCUT2D eigenvalue weighted by atomic mass is 9.85. The van der Waals surface area contributed by atoms with Crippen molar-refractivity contribution in [1.82, 2.24) is 0 Å². The fourth-order valence-corrected chi connectivity index (χ4v) is 2.54. The standard InChI is InChI=1S/C14H30.CH4/c1-7-12(4)9-14(6)10-13(5)8-11(2)3;/h11-14H,7-10H2,1-6H3;1H4/t12-,13+,14+;/m0./s1. The van der Waals surface area contributed by atoms with Gasteiger partial charge >= 0.3 is 0 Å². The van der Waals surface area contributed by atoms with Crippen LogP contribution in [0.25, 0.3) is 0 Å². The molecule has 0 amide bonds. The highest BCUT2D eigenvalue weighted by Gasteiger charge is 2.12. The van der Waals surface area contributed by atoms with Crippen LogP contribution in [0.15, 0.2) is 0 Å². The smallest absolute Gasteiger partial charge is 0.0438 e. The molecule has 0 radical (unpaired) electrons. The molecule has 0 nitrogen and oxygen atoms in total. The monoisotopic (exact) mass is 214 g/mol. The Balaban J connectivity index is 0. The summed E-state index contributed by atoms with van der Waals surface area (Å²) in [5, 5.41) is 0. The van der Waals surface area contributed by atoms with Crippen molar-refractivity contribution in [2.75, 3.05) is 0 Å². The summed E-state index contributed by atoms with van der Waals surface area (Å²) in [6, 6.07) is 0. The molecule has 0 bridgehead atoms. The van der Waals surface area contributed by atoms with E-state index < -0.39 is 0 Å². The molecule has 0 aromatic heterocycles. The third-order valence-corrected chi connectivity index (χ3v) is 3.18. The van der Waals surface area contributed by atoms with Crippen molar-refractivity contribution < 1.29 is 0 Å². The molecule has 0 unspecified atom stereocenters. The Morgan fingerprint density at radius 3 is 1.47 bits per heavy atom. The van der Waals surface area contributed by atoms with Gasteiger partial charge in [0.25, 0.3) is 0 Å². The van der Waals surface area contributed by atoms with Crippen LogP contribution in [0.2, 0.25) is 0 Å². The SMILES string of the molecule is C.CC[C@H](C)C[C@@H](C)C[C@H](C)CC(C)C. The van der Waals surface area contributed by atoms with E-state index in [4.69, 9.17) is 0 Å². The van der Waals surface area contributed by atoms with Gasteiger partial charge in [-0.3, -0.25) is 0 Å². The van der Waals surface area contributed by atoms with E-state index in [1.165, 1.54) is 25.7 Å². The summed E-state index contributed by atoms with van der Waals surface area (Å²) >= 11 is 0. The van der Waals surface area contributed by atoms with Gasteiger partial charge in [-0.15, -0.1) is 0 Å². The first-order valence-corrected chi connectivity index (χ1v) is 6.45. The summed E-state index contributed by atoms with van der Waals surface area (Å²) in [6.07, 6.45) is 5.56. The lowest BCUT2D eigenvalue weighted by Gasteiger charge is -2.21. The van der Waals surface area contributed by atoms with E-state index in [9.17, 15) is 0 Å². The summed E-state index contributed by atoms with van der Waals surface area (Å²) in [5.74, 6) is 3.60. The Kier molecular flexibility index (Phi) is 10.7. The van der Waals surface area contributed by atoms with Crippen molar-refractivity contribution in [3.8, 4) is 0 Å². The quantitative estimate of drug-likeness (QED) is 0.505. The normalized spacial score (nSPS) is 17.0. The molecule has 3 atom stereocenters. The first-order chi connectivity index (χ1) is 6.45. The van der Waals surface area contributed by atoms with Crippen LogP contribution in [0.5, 0.6) is 0 Å². The van der Waals surface area contributed by atoms with Gasteiger partial charge in [0, 0.05) is 0 Å². The van der Waals surface area contributed by atoms with Crippen LogP contribution >= 0.6 is 0 Å². The highest BCUT2D eigenvalue weighted by molar-refractivity contribution is 4.64. The molecule has 0 N–H and O–H groups in total. The van der Waals surface area contributed by atoms with Crippen LogP contribution < -0.4 is 0 Å². The molecule has 0 aromatic rings. The fraction of sp³-hybridized carbons (Fsp3) is 1.00. The maximum Gasteiger partial charge on any atom is -0.0438 e. The lowest BCUT2D eigenvalue weighted by Crippen LogP contribution is -2.09. The molecule has 0 spiro atoms. The Morgan fingerprint density at radius 1 is 0.667 bits per heavy atom. The minimum Gasteiger partial charge on any atom is -0.0776 e. The molecule has 0 heteroatoms. The van der Waals surface area contributed by atoms with E-state index in [0.29, 0.717) is 0 Å². The first kappa shape index (κ1) is 17.4. The second kappa shape index (κ2) is 9.24. The maximum absolute atomic E-state index is 2.42. The molecule has 0 aliphatic carbocycles. The summed E-state index contributed by atoms with van der Waals surface area (Å²) in [6.45, 7) is 14.2. The Bertz CT molecular complexity index is 126. The highest BCUT2D eigenvalue weighted by atomic mass is 14.2. The molecule has 0 aromatic carbocycles. The van der Waals surface area contributed by atoms with Gasteiger partial charge < -0.3 is 0 Å². The van der Waals surface area contributed by atoms with Crippen molar-refractivity contribution in [2.24, 2.45) is 23.7 Å². The van der Waals surface area contributed by atoms with Gasteiger partial charge in [-0.05, 0) is 42.9 Å². The molecule has 0 aliphatic rings. The van der Waals surface area contributed by atoms with Crippen molar-refractivity contribution in [3.05, 3.63) is 0 Å². The van der Waals surface area contributed by atoms with Gasteiger partial charge in [-0.1, -0.05) is 55.4 Å². The Morgan fingerprint density at radius 2 is 1.07 bits per heavy atom.